The maximum absolute atomic E-state index is 5.62. The zero-order chi connectivity index (χ0) is 35.1. The average molecular weight is 685 g/mol. The van der Waals surface area contributed by atoms with Gasteiger partial charge in [0.15, 0.2) is 0 Å². The molecule has 13 aromatic rings. The standard InChI is InChI=1S/C50H28N4/c1-2-13-31-25-34(22-21-29(31)11-1)47-45-35-16-6-5-12-30(35)23-24-41(45)51-50(52-47)54-42-19-9-7-17-36(42)39-28-40-38-26-32-14-3-4-15-33(32)27-44(38)53-43-20-10-8-18-37(43)46(48(40)53)49(39)54/h1-28H. The Balaban J connectivity index is 1.23. The number of hydrogen-bond acceptors (Lipinski definition) is 2. The monoisotopic (exact) mass is 684 g/mol. The lowest BCUT2D eigenvalue weighted by Gasteiger charge is -2.14. The highest BCUT2D eigenvalue weighted by molar-refractivity contribution is 6.34. The van der Waals surface area contributed by atoms with Crippen molar-refractivity contribution in [3.8, 4) is 17.2 Å². The van der Waals surface area contributed by atoms with Crippen LogP contribution in [0.5, 0.6) is 0 Å². The number of nitrogens with zero attached hydrogens (tertiary/aromatic N) is 4. The van der Waals surface area contributed by atoms with Crippen LogP contribution in [0.2, 0.25) is 0 Å². The van der Waals surface area contributed by atoms with Gasteiger partial charge in [0.2, 0.25) is 5.95 Å². The molecule has 0 saturated heterocycles. The van der Waals surface area contributed by atoms with E-state index in [4.69, 9.17) is 9.97 Å². The lowest BCUT2D eigenvalue weighted by atomic mass is 9.98. The van der Waals surface area contributed by atoms with E-state index in [9.17, 15) is 0 Å². The summed E-state index contributed by atoms with van der Waals surface area (Å²) in [4.78, 5) is 11.1. The molecule has 54 heavy (non-hydrogen) atoms. The van der Waals surface area contributed by atoms with Crippen molar-refractivity contribution in [3.63, 3.8) is 0 Å². The van der Waals surface area contributed by atoms with Crippen LogP contribution in [0.15, 0.2) is 170 Å². The van der Waals surface area contributed by atoms with Crippen LogP contribution in [0, 0.1) is 0 Å². The molecule has 0 unspecified atom stereocenters. The van der Waals surface area contributed by atoms with E-state index in [0.717, 1.165) is 38.6 Å². The largest absolute Gasteiger partial charge is 0.308 e. The number of aromatic nitrogens is 4. The van der Waals surface area contributed by atoms with E-state index in [0.29, 0.717) is 5.95 Å². The lowest BCUT2D eigenvalue weighted by molar-refractivity contribution is 1.02. The van der Waals surface area contributed by atoms with Crippen LogP contribution in [0.3, 0.4) is 0 Å². The minimum Gasteiger partial charge on any atom is -0.308 e. The maximum Gasteiger partial charge on any atom is 0.235 e. The minimum absolute atomic E-state index is 0.667. The molecule has 4 nitrogen and oxygen atoms in total. The normalized spacial score (nSPS) is 12.4. The van der Waals surface area contributed by atoms with Gasteiger partial charge < -0.3 is 4.40 Å². The molecule has 4 aromatic heterocycles. The smallest absolute Gasteiger partial charge is 0.235 e. The summed E-state index contributed by atoms with van der Waals surface area (Å²) in [6, 6.07) is 61.6. The van der Waals surface area contributed by atoms with Crippen molar-refractivity contribution in [3.05, 3.63) is 170 Å². The second-order valence-corrected chi connectivity index (χ2v) is 14.6. The predicted octanol–water partition coefficient (Wildman–Crippen LogP) is 13.0. The van der Waals surface area contributed by atoms with Gasteiger partial charge in [0.25, 0.3) is 0 Å². The van der Waals surface area contributed by atoms with Gasteiger partial charge in [0.1, 0.15) is 0 Å². The molecule has 248 valence electrons. The van der Waals surface area contributed by atoms with Crippen molar-refractivity contribution in [2.75, 3.05) is 0 Å². The molecule has 0 aliphatic carbocycles. The van der Waals surface area contributed by atoms with Crippen LogP contribution in [-0.4, -0.2) is 18.9 Å². The van der Waals surface area contributed by atoms with Gasteiger partial charge in [-0.1, -0.05) is 127 Å². The van der Waals surface area contributed by atoms with Crippen molar-refractivity contribution in [2.45, 2.75) is 0 Å². The Hall–Kier alpha value is -7.30. The van der Waals surface area contributed by atoms with E-state index in [1.165, 1.54) is 75.8 Å². The molecule has 0 fully saturated rings. The van der Waals surface area contributed by atoms with Gasteiger partial charge in [-0.05, 0) is 74.8 Å². The Labute approximate surface area is 308 Å². The predicted molar refractivity (Wildman–Crippen MR) is 226 cm³/mol. The van der Waals surface area contributed by atoms with Gasteiger partial charge in [-0.15, -0.1) is 0 Å². The topological polar surface area (TPSA) is 35.1 Å². The van der Waals surface area contributed by atoms with Crippen molar-refractivity contribution < 1.29 is 0 Å². The van der Waals surface area contributed by atoms with Crippen molar-refractivity contribution in [2.24, 2.45) is 0 Å². The first kappa shape index (κ1) is 28.3. The molecular formula is C50H28N4. The highest BCUT2D eigenvalue weighted by atomic mass is 15.2. The maximum atomic E-state index is 5.62. The molecule has 9 aromatic carbocycles. The third-order valence-corrected chi connectivity index (χ3v) is 11.8. The van der Waals surface area contributed by atoms with Crippen LogP contribution in [0.1, 0.15) is 0 Å². The molecule has 13 rings (SSSR count). The fourth-order valence-electron chi connectivity index (χ4n) is 9.43. The average Bonchev–Trinajstić information content (AvgIpc) is 3.86. The molecule has 0 amide bonds. The van der Waals surface area contributed by atoms with Crippen LogP contribution in [0.25, 0.3) is 120 Å². The van der Waals surface area contributed by atoms with Crippen LogP contribution >= 0.6 is 0 Å². The number of benzene rings is 9. The van der Waals surface area contributed by atoms with E-state index in [-0.39, 0.29) is 0 Å². The Bertz CT molecular complexity index is 3740. The molecule has 0 atom stereocenters. The zero-order valence-electron chi connectivity index (χ0n) is 29.0. The van der Waals surface area contributed by atoms with E-state index < -0.39 is 0 Å². The summed E-state index contributed by atoms with van der Waals surface area (Å²) in [5, 5.41) is 15.7. The van der Waals surface area contributed by atoms with Crippen molar-refractivity contribution in [1.82, 2.24) is 18.9 Å². The lowest BCUT2D eigenvalue weighted by Crippen LogP contribution is -2.04. The van der Waals surface area contributed by atoms with E-state index in [2.05, 4.69) is 179 Å². The van der Waals surface area contributed by atoms with Gasteiger partial charge >= 0.3 is 0 Å². The Kier molecular flexibility index (Phi) is 5.34. The second-order valence-electron chi connectivity index (χ2n) is 14.6. The van der Waals surface area contributed by atoms with E-state index in [1.807, 2.05) is 0 Å². The number of para-hydroxylation sites is 2. The first-order valence-electron chi connectivity index (χ1n) is 18.5. The number of fused-ring (bicyclic) bond motifs is 15. The molecule has 0 spiro atoms. The number of hydrogen-bond donors (Lipinski definition) is 0. The van der Waals surface area contributed by atoms with E-state index in [1.54, 1.807) is 0 Å². The summed E-state index contributed by atoms with van der Waals surface area (Å²) in [6.45, 7) is 0. The molecule has 0 aliphatic rings. The molecule has 0 aliphatic heterocycles. The molecular weight excluding hydrogens is 657 g/mol. The second kappa shape index (κ2) is 10.2. The van der Waals surface area contributed by atoms with Crippen molar-refractivity contribution in [1.29, 1.82) is 0 Å². The minimum atomic E-state index is 0.667. The van der Waals surface area contributed by atoms with Gasteiger partial charge in [-0.3, -0.25) is 4.57 Å². The molecule has 4 heterocycles. The Morgan fingerprint density at radius 1 is 0.352 bits per heavy atom. The summed E-state index contributed by atoms with van der Waals surface area (Å²) in [5.41, 5.74) is 8.82. The third kappa shape index (κ3) is 3.61. The summed E-state index contributed by atoms with van der Waals surface area (Å²) in [5.74, 6) is 0.667. The molecule has 0 N–H and O–H groups in total. The Morgan fingerprint density at radius 2 is 0.981 bits per heavy atom. The van der Waals surface area contributed by atoms with Gasteiger partial charge in [-0.25, -0.2) is 9.97 Å². The molecule has 0 saturated carbocycles. The van der Waals surface area contributed by atoms with Gasteiger partial charge in [0, 0.05) is 43.3 Å². The zero-order valence-corrected chi connectivity index (χ0v) is 29.0. The van der Waals surface area contributed by atoms with Gasteiger partial charge in [0.05, 0.1) is 38.8 Å². The molecule has 0 bridgehead atoms. The first-order valence-corrected chi connectivity index (χ1v) is 18.5. The first-order chi connectivity index (χ1) is 26.8. The highest BCUT2D eigenvalue weighted by Crippen LogP contribution is 2.47. The van der Waals surface area contributed by atoms with E-state index >= 15 is 0 Å². The van der Waals surface area contributed by atoms with Crippen LogP contribution in [0.4, 0.5) is 0 Å². The Morgan fingerprint density at radius 3 is 1.81 bits per heavy atom. The van der Waals surface area contributed by atoms with Crippen molar-refractivity contribution >= 4 is 103 Å². The summed E-state index contributed by atoms with van der Waals surface area (Å²) in [7, 11) is 0. The third-order valence-electron chi connectivity index (χ3n) is 11.8. The molecule has 0 radical (unpaired) electrons. The summed E-state index contributed by atoms with van der Waals surface area (Å²) >= 11 is 0. The van der Waals surface area contributed by atoms with Crippen LogP contribution in [-0.2, 0) is 0 Å². The SMILES string of the molecule is c1ccc2cc(-c3nc(-n4c5ccccc5c5cc6c7cc8ccccc8cc7n7c8ccccc8c(c54)c67)nc4ccc5ccccc5c34)ccc2c1. The fourth-order valence-corrected chi connectivity index (χ4v) is 9.43. The summed E-state index contributed by atoms with van der Waals surface area (Å²) in [6.07, 6.45) is 0. The fraction of sp³-hybridized carbons (Fsp3) is 0. The quantitative estimate of drug-likeness (QED) is 0.170. The van der Waals surface area contributed by atoms with Gasteiger partial charge in [-0.2, -0.15) is 0 Å². The summed E-state index contributed by atoms with van der Waals surface area (Å²) < 4.78 is 4.82. The molecule has 4 heteroatoms. The highest BCUT2D eigenvalue weighted by Gasteiger charge is 2.26. The van der Waals surface area contributed by atoms with Crippen LogP contribution < -0.4 is 0 Å². The number of rotatable bonds is 2.